The van der Waals surface area contributed by atoms with Crippen LogP contribution in [0.3, 0.4) is 0 Å². The molecule has 0 bridgehead atoms. The highest BCUT2D eigenvalue weighted by Crippen LogP contribution is 2.38. The average Bonchev–Trinajstić information content (AvgIpc) is 3.55. The summed E-state index contributed by atoms with van der Waals surface area (Å²) in [6.07, 6.45) is 0. The number of ether oxygens (including phenoxy) is 4. The number of fused-ring (bicyclic) bond motifs is 2. The highest BCUT2D eigenvalue weighted by atomic mass is 16.7. The number of carbonyl (C=O) groups is 2. The molecule has 34 heavy (non-hydrogen) atoms. The fourth-order valence-electron chi connectivity index (χ4n) is 4.16. The van der Waals surface area contributed by atoms with E-state index < -0.39 is 5.91 Å². The van der Waals surface area contributed by atoms with Gasteiger partial charge in [-0.2, -0.15) is 0 Å². The van der Waals surface area contributed by atoms with E-state index in [9.17, 15) is 9.59 Å². The molecule has 8 nitrogen and oxygen atoms in total. The maximum Gasteiger partial charge on any atom is 0.278 e. The number of nitrogens with one attached hydrogen (secondary N) is 1. The molecular weight excluding hydrogens is 436 g/mol. The third-order valence-electron chi connectivity index (χ3n) is 5.93. The summed E-state index contributed by atoms with van der Waals surface area (Å²) in [6, 6.07) is 18.2. The number of aryl methyl sites for hydroxylation is 1. The van der Waals surface area contributed by atoms with Gasteiger partial charge in [-0.3, -0.25) is 14.5 Å². The molecule has 1 N–H and O–H groups in total. The van der Waals surface area contributed by atoms with Gasteiger partial charge in [-0.25, -0.2) is 0 Å². The SMILES string of the molecule is Cc1ccc(C2=C(Nc3ccc4c(c3)OCO4)C(=O)N(Cc3ccc4c(c3)OCO4)C2=O)cc1. The number of hydrogen-bond acceptors (Lipinski definition) is 7. The van der Waals surface area contributed by atoms with Crippen LogP contribution in [-0.2, 0) is 16.1 Å². The van der Waals surface area contributed by atoms with Crippen LogP contribution in [0.5, 0.6) is 23.0 Å². The number of rotatable bonds is 5. The molecule has 3 aliphatic rings. The zero-order valence-corrected chi connectivity index (χ0v) is 18.3. The molecule has 6 rings (SSSR count). The van der Waals surface area contributed by atoms with E-state index >= 15 is 0 Å². The molecule has 3 aromatic rings. The Morgan fingerprint density at radius 2 is 1.41 bits per heavy atom. The van der Waals surface area contributed by atoms with E-state index in [1.165, 1.54) is 4.90 Å². The van der Waals surface area contributed by atoms with E-state index in [4.69, 9.17) is 18.9 Å². The van der Waals surface area contributed by atoms with Gasteiger partial charge in [0.25, 0.3) is 11.8 Å². The fourth-order valence-corrected chi connectivity index (χ4v) is 4.16. The highest BCUT2D eigenvalue weighted by Gasteiger charge is 2.39. The van der Waals surface area contributed by atoms with Gasteiger partial charge in [-0.1, -0.05) is 35.9 Å². The van der Waals surface area contributed by atoms with Gasteiger partial charge in [0.15, 0.2) is 23.0 Å². The Morgan fingerprint density at radius 3 is 2.15 bits per heavy atom. The van der Waals surface area contributed by atoms with Crippen LogP contribution in [0.25, 0.3) is 5.57 Å². The van der Waals surface area contributed by atoms with Crippen molar-refractivity contribution in [1.82, 2.24) is 4.90 Å². The minimum absolute atomic E-state index is 0.107. The quantitative estimate of drug-likeness (QED) is 0.584. The number of benzene rings is 3. The second kappa shape index (κ2) is 7.84. The van der Waals surface area contributed by atoms with Crippen molar-refractivity contribution in [2.45, 2.75) is 13.5 Å². The van der Waals surface area contributed by atoms with Gasteiger partial charge < -0.3 is 24.3 Å². The van der Waals surface area contributed by atoms with Crippen molar-refractivity contribution in [3.63, 3.8) is 0 Å². The summed E-state index contributed by atoms with van der Waals surface area (Å²) in [5.41, 5.74) is 3.65. The maximum absolute atomic E-state index is 13.5. The Labute approximate surface area is 195 Å². The van der Waals surface area contributed by atoms with Crippen molar-refractivity contribution in [2.75, 3.05) is 18.9 Å². The molecule has 0 fully saturated rings. The first kappa shape index (κ1) is 20.2. The minimum Gasteiger partial charge on any atom is -0.454 e. The van der Waals surface area contributed by atoms with E-state index in [1.807, 2.05) is 37.3 Å². The van der Waals surface area contributed by atoms with Gasteiger partial charge in [-0.15, -0.1) is 0 Å². The summed E-state index contributed by atoms with van der Waals surface area (Å²) in [7, 11) is 0. The molecule has 0 saturated heterocycles. The Hall–Kier alpha value is -4.46. The molecule has 0 radical (unpaired) electrons. The number of anilines is 1. The highest BCUT2D eigenvalue weighted by molar-refractivity contribution is 6.36. The largest absolute Gasteiger partial charge is 0.454 e. The van der Waals surface area contributed by atoms with Gasteiger partial charge in [-0.05, 0) is 42.3 Å². The van der Waals surface area contributed by atoms with Crippen molar-refractivity contribution >= 4 is 23.1 Å². The monoisotopic (exact) mass is 456 g/mol. The van der Waals surface area contributed by atoms with Gasteiger partial charge in [0.05, 0.1) is 12.1 Å². The summed E-state index contributed by atoms with van der Waals surface area (Å²) in [5, 5.41) is 3.16. The Kier molecular flexibility index (Phi) is 4.65. The van der Waals surface area contributed by atoms with Crippen molar-refractivity contribution in [3.05, 3.63) is 83.1 Å². The summed E-state index contributed by atoms with van der Waals surface area (Å²) < 4.78 is 21.6. The summed E-state index contributed by atoms with van der Waals surface area (Å²) >= 11 is 0. The van der Waals surface area contributed by atoms with Crippen molar-refractivity contribution in [2.24, 2.45) is 0 Å². The molecule has 0 atom stereocenters. The average molecular weight is 456 g/mol. The van der Waals surface area contributed by atoms with Crippen LogP contribution >= 0.6 is 0 Å². The zero-order valence-electron chi connectivity index (χ0n) is 18.3. The van der Waals surface area contributed by atoms with E-state index in [2.05, 4.69) is 5.32 Å². The topological polar surface area (TPSA) is 86.3 Å². The molecule has 3 aromatic carbocycles. The predicted octanol–water partition coefficient (Wildman–Crippen LogP) is 3.84. The van der Waals surface area contributed by atoms with Crippen molar-refractivity contribution in [3.8, 4) is 23.0 Å². The molecule has 0 aliphatic carbocycles. The van der Waals surface area contributed by atoms with Crippen molar-refractivity contribution in [1.29, 1.82) is 0 Å². The summed E-state index contributed by atoms with van der Waals surface area (Å²) in [4.78, 5) is 28.3. The van der Waals surface area contributed by atoms with Crippen molar-refractivity contribution < 1.29 is 28.5 Å². The van der Waals surface area contributed by atoms with Crippen LogP contribution in [-0.4, -0.2) is 30.3 Å². The number of amides is 2. The van der Waals surface area contributed by atoms with E-state index in [0.717, 1.165) is 11.1 Å². The minimum atomic E-state index is -0.407. The molecule has 3 aliphatic heterocycles. The third kappa shape index (κ3) is 3.40. The normalized spacial score (nSPS) is 16.0. The van der Waals surface area contributed by atoms with Crippen LogP contribution in [0.4, 0.5) is 5.69 Å². The third-order valence-corrected chi connectivity index (χ3v) is 5.93. The fraction of sp³-hybridized carbons (Fsp3) is 0.154. The standard InChI is InChI=1S/C26H20N2O6/c1-15-2-5-17(6-3-15)23-24(27-18-7-9-20-22(11-18)34-14-32-20)26(30)28(25(23)29)12-16-4-8-19-21(10-16)33-13-31-19/h2-11,27H,12-14H2,1H3. The molecule has 2 amide bonds. The molecule has 0 unspecified atom stereocenters. The smallest absolute Gasteiger partial charge is 0.278 e. The Bertz CT molecular complexity index is 1360. The second-order valence-corrected chi connectivity index (χ2v) is 8.19. The molecule has 0 spiro atoms. The maximum atomic E-state index is 13.5. The van der Waals surface area contributed by atoms with E-state index in [1.54, 1.807) is 30.3 Å². The Morgan fingerprint density at radius 1 is 0.765 bits per heavy atom. The van der Waals surface area contributed by atoms with Gasteiger partial charge >= 0.3 is 0 Å². The van der Waals surface area contributed by atoms with Gasteiger partial charge in [0, 0.05) is 11.8 Å². The lowest BCUT2D eigenvalue weighted by Crippen LogP contribution is -2.32. The molecule has 8 heteroatoms. The van der Waals surface area contributed by atoms with Gasteiger partial charge in [0.2, 0.25) is 13.6 Å². The van der Waals surface area contributed by atoms with E-state index in [-0.39, 0.29) is 31.7 Å². The molecule has 0 aromatic heterocycles. The van der Waals surface area contributed by atoms with Crippen LogP contribution in [0, 0.1) is 6.92 Å². The summed E-state index contributed by atoms with van der Waals surface area (Å²) in [5.74, 6) is 1.69. The number of hydrogen-bond donors (Lipinski definition) is 1. The molecule has 3 heterocycles. The summed E-state index contributed by atoms with van der Waals surface area (Å²) in [6.45, 7) is 2.38. The number of nitrogens with zero attached hydrogens (tertiary/aromatic N) is 1. The molecule has 170 valence electrons. The number of imide groups is 1. The molecular formula is C26H20N2O6. The number of carbonyl (C=O) groups excluding carboxylic acids is 2. The van der Waals surface area contributed by atoms with Crippen LogP contribution in [0.2, 0.25) is 0 Å². The Balaban J connectivity index is 1.36. The second-order valence-electron chi connectivity index (χ2n) is 8.19. The lowest BCUT2D eigenvalue weighted by Gasteiger charge is -2.16. The molecule has 0 saturated carbocycles. The first-order valence-electron chi connectivity index (χ1n) is 10.8. The first-order valence-corrected chi connectivity index (χ1v) is 10.8. The van der Waals surface area contributed by atoms with Crippen LogP contribution in [0.15, 0.2) is 66.4 Å². The van der Waals surface area contributed by atoms with Crippen LogP contribution < -0.4 is 24.3 Å². The van der Waals surface area contributed by atoms with E-state index in [0.29, 0.717) is 39.8 Å². The first-order chi connectivity index (χ1) is 16.6. The zero-order chi connectivity index (χ0) is 23.2. The van der Waals surface area contributed by atoms with Crippen LogP contribution in [0.1, 0.15) is 16.7 Å². The lowest BCUT2D eigenvalue weighted by atomic mass is 10.0. The predicted molar refractivity (Wildman–Crippen MR) is 122 cm³/mol. The lowest BCUT2D eigenvalue weighted by molar-refractivity contribution is -0.137. The van der Waals surface area contributed by atoms with Gasteiger partial charge in [0.1, 0.15) is 5.70 Å².